The Morgan fingerprint density at radius 3 is 2.62 bits per heavy atom. The second kappa shape index (κ2) is 6.39. The van der Waals surface area contributed by atoms with Crippen LogP contribution in [0, 0.1) is 0 Å². The van der Waals surface area contributed by atoms with Crippen molar-refractivity contribution in [1.82, 2.24) is 10.2 Å². The molecule has 0 heterocycles. The molecule has 2 heteroatoms. The molecule has 0 aliphatic heterocycles. The van der Waals surface area contributed by atoms with E-state index in [9.17, 15) is 0 Å². The second-order valence-electron chi connectivity index (χ2n) is 4.18. The summed E-state index contributed by atoms with van der Waals surface area (Å²) in [6, 6.07) is 0.887. The van der Waals surface area contributed by atoms with Gasteiger partial charge in [-0.3, -0.25) is 0 Å². The molecule has 0 atom stereocenters. The highest BCUT2D eigenvalue weighted by atomic mass is 15.1. The third-order valence-corrected chi connectivity index (χ3v) is 2.77. The number of unbranched alkanes of at least 4 members (excludes halogenated alkanes) is 2. The van der Waals surface area contributed by atoms with Crippen molar-refractivity contribution in [3.8, 4) is 0 Å². The van der Waals surface area contributed by atoms with E-state index < -0.39 is 0 Å². The monoisotopic (exact) mass is 184 g/mol. The van der Waals surface area contributed by atoms with E-state index in [-0.39, 0.29) is 0 Å². The number of nitrogens with one attached hydrogen (secondary N) is 1. The van der Waals surface area contributed by atoms with Gasteiger partial charge in [0.05, 0.1) is 0 Å². The first-order valence-corrected chi connectivity index (χ1v) is 5.75. The van der Waals surface area contributed by atoms with E-state index in [2.05, 4.69) is 24.2 Å². The summed E-state index contributed by atoms with van der Waals surface area (Å²) in [7, 11) is 2.20. The predicted octanol–water partition coefficient (Wildman–Crippen LogP) is 1.86. The Hall–Kier alpha value is -0.0800. The molecule has 0 spiro atoms. The highest BCUT2D eigenvalue weighted by Crippen LogP contribution is 2.18. The normalized spacial score (nSPS) is 16.8. The smallest absolute Gasteiger partial charge is 0.00682 e. The highest BCUT2D eigenvalue weighted by molar-refractivity contribution is 4.80. The Balaban J connectivity index is 1.72. The lowest BCUT2D eigenvalue weighted by molar-refractivity contribution is 0.341. The zero-order valence-corrected chi connectivity index (χ0v) is 9.18. The summed E-state index contributed by atoms with van der Waals surface area (Å²) in [5.74, 6) is 0. The van der Waals surface area contributed by atoms with Gasteiger partial charge >= 0.3 is 0 Å². The van der Waals surface area contributed by atoms with Crippen LogP contribution >= 0.6 is 0 Å². The van der Waals surface area contributed by atoms with Crippen LogP contribution in [0.15, 0.2) is 0 Å². The fourth-order valence-electron chi connectivity index (χ4n) is 1.44. The molecule has 13 heavy (non-hydrogen) atoms. The van der Waals surface area contributed by atoms with Gasteiger partial charge in [-0.1, -0.05) is 13.3 Å². The Bertz CT molecular complexity index is 121. The van der Waals surface area contributed by atoms with Gasteiger partial charge in [0.15, 0.2) is 0 Å². The van der Waals surface area contributed by atoms with Crippen molar-refractivity contribution in [2.24, 2.45) is 0 Å². The van der Waals surface area contributed by atoms with Crippen LogP contribution in [-0.4, -0.2) is 37.6 Å². The summed E-state index contributed by atoms with van der Waals surface area (Å²) in [5.41, 5.74) is 0. The summed E-state index contributed by atoms with van der Waals surface area (Å²) in [4.78, 5) is 2.38. The maximum atomic E-state index is 3.55. The lowest BCUT2D eigenvalue weighted by Crippen LogP contribution is -2.20. The van der Waals surface area contributed by atoms with Crippen LogP contribution in [0.4, 0.5) is 0 Å². The average Bonchev–Trinajstić information content (AvgIpc) is 2.94. The topological polar surface area (TPSA) is 15.3 Å². The quantitative estimate of drug-likeness (QED) is 0.579. The third kappa shape index (κ3) is 6.05. The maximum absolute atomic E-state index is 3.55. The second-order valence-corrected chi connectivity index (χ2v) is 4.18. The minimum absolute atomic E-state index is 0.887. The molecule has 78 valence electrons. The van der Waals surface area contributed by atoms with Gasteiger partial charge in [0.1, 0.15) is 0 Å². The minimum atomic E-state index is 0.887. The molecule has 1 aliphatic carbocycles. The Labute approximate surface area is 82.7 Å². The molecule has 2 nitrogen and oxygen atoms in total. The lowest BCUT2D eigenvalue weighted by Gasteiger charge is -2.12. The van der Waals surface area contributed by atoms with E-state index in [0.717, 1.165) is 6.04 Å². The van der Waals surface area contributed by atoms with Crippen LogP contribution in [0.2, 0.25) is 0 Å². The zero-order valence-electron chi connectivity index (χ0n) is 9.18. The van der Waals surface area contributed by atoms with Gasteiger partial charge in [0.2, 0.25) is 0 Å². The SMILES string of the molecule is CCN(C)CCCCCNC1CC1. The first-order chi connectivity index (χ1) is 6.33. The molecule has 1 saturated carbocycles. The van der Waals surface area contributed by atoms with E-state index in [1.165, 1.54) is 51.7 Å². The number of hydrogen-bond acceptors (Lipinski definition) is 2. The van der Waals surface area contributed by atoms with Crippen molar-refractivity contribution in [3.05, 3.63) is 0 Å². The van der Waals surface area contributed by atoms with Gasteiger partial charge in [0, 0.05) is 6.04 Å². The van der Waals surface area contributed by atoms with Gasteiger partial charge in [0.25, 0.3) is 0 Å². The van der Waals surface area contributed by atoms with Crippen LogP contribution in [0.25, 0.3) is 0 Å². The van der Waals surface area contributed by atoms with Crippen molar-refractivity contribution >= 4 is 0 Å². The number of rotatable bonds is 8. The largest absolute Gasteiger partial charge is 0.314 e. The molecular weight excluding hydrogens is 160 g/mol. The van der Waals surface area contributed by atoms with Crippen LogP contribution in [0.1, 0.15) is 39.0 Å². The Morgan fingerprint density at radius 2 is 2.00 bits per heavy atom. The lowest BCUT2D eigenvalue weighted by atomic mass is 10.2. The van der Waals surface area contributed by atoms with Crippen LogP contribution in [0.3, 0.4) is 0 Å². The van der Waals surface area contributed by atoms with E-state index in [0.29, 0.717) is 0 Å². The number of nitrogens with zero attached hydrogens (tertiary/aromatic N) is 1. The van der Waals surface area contributed by atoms with Crippen LogP contribution < -0.4 is 5.32 Å². The molecule has 1 N–H and O–H groups in total. The van der Waals surface area contributed by atoms with Crippen molar-refractivity contribution in [2.75, 3.05) is 26.7 Å². The first-order valence-electron chi connectivity index (χ1n) is 5.75. The number of hydrogen-bond donors (Lipinski definition) is 1. The van der Waals surface area contributed by atoms with Gasteiger partial charge in [-0.05, 0) is 52.4 Å². The van der Waals surface area contributed by atoms with Gasteiger partial charge in [-0.25, -0.2) is 0 Å². The highest BCUT2D eigenvalue weighted by Gasteiger charge is 2.19. The summed E-state index contributed by atoms with van der Waals surface area (Å²) in [5, 5.41) is 3.55. The molecular formula is C11H24N2. The van der Waals surface area contributed by atoms with Gasteiger partial charge in [-0.15, -0.1) is 0 Å². The van der Waals surface area contributed by atoms with Crippen molar-refractivity contribution in [1.29, 1.82) is 0 Å². The Kier molecular flexibility index (Phi) is 5.40. The van der Waals surface area contributed by atoms with E-state index in [1.54, 1.807) is 0 Å². The minimum Gasteiger partial charge on any atom is -0.314 e. The average molecular weight is 184 g/mol. The molecule has 0 saturated heterocycles. The standard InChI is InChI=1S/C11H24N2/c1-3-13(2)10-6-4-5-9-12-11-7-8-11/h11-12H,3-10H2,1-2H3. The summed E-state index contributed by atoms with van der Waals surface area (Å²) in [6.45, 7) is 5.90. The van der Waals surface area contributed by atoms with E-state index in [1.807, 2.05) is 0 Å². The van der Waals surface area contributed by atoms with Crippen LogP contribution in [-0.2, 0) is 0 Å². The molecule has 0 unspecified atom stereocenters. The van der Waals surface area contributed by atoms with Gasteiger partial charge < -0.3 is 10.2 Å². The van der Waals surface area contributed by atoms with E-state index >= 15 is 0 Å². The fraction of sp³-hybridized carbons (Fsp3) is 1.00. The molecule has 0 bridgehead atoms. The molecule has 0 radical (unpaired) electrons. The molecule has 1 rings (SSSR count). The third-order valence-electron chi connectivity index (χ3n) is 2.77. The van der Waals surface area contributed by atoms with Crippen molar-refractivity contribution in [2.45, 2.75) is 45.1 Å². The van der Waals surface area contributed by atoms with Gasteiger partial charge in [-0.2, -0.15) is 0 Å². The first kappa shape index (κ1) is 11.0. The fourth-order valence-corrected chi connectivity index (χ4v) is 1.44. The maximum Gasteiger partial charge on any atom is 0.00682 e. The van der Waals surface area contributed by atoms with Crippen LogP contribution in [0.5, 0.6) is 0 Å². The summed E-state index contributed by atoms with van der Waals surface area (Å²) in [6.07, 6.45) is 6.92. The predicted molar refractivity (Wildman–Crippen MR) is 58.0 cm³/mol. The van der Waals surface area contributed by atoms with Crippen molar-refractivity contribution < 1.29 is 0 Å². The molecule has 0 aromatic rings. The molecule has 0 aromatic carbocycles. The molecule has 0 aromatic heterocycles. The summed E-state index contributed by atoms with van der Waals surface area (Å²) < 4.78 is 0. The molecule has 1 fully saturated rings. The van der Waals surface area contributed by atoms with E-state index in [4.69, 9.17) is 0 Å². The Morgan fingerprint density at radius 1 is 1.23 bits per heavy atom. The van der Waals surface area contributed by atoms with Crippen molar-refractivity contribution in [3.63, 3.8) is 0 Å². The zero-order chi connectivity index (χ0) is 9.52. The molecule has 1 aliphatic rings. The summed E-state index contributed by atoms with van der Waals surface area (Å²) >= 11 is 0. The molecule has 0 amide bonds.